The first-order chi connectivity index (χ1) is 31.2. The highest BCUT2D eigenvalue weighted by Crippen LogP contribution is 2.44. The fraction of sp³-hybridized carbons (Fsp3) is 0. The molecule has 0 aliphatic carbocycles. The maximum Gasteiger partial charge on any atom is 0.143 e. The van der Waals surface area contributed by atoms with E-state index in [2.05, 4.69) is 217 Å². The number of fused-ring (bicyclic) bond motifs is 15. The fourth-order valence-electron chi connectivity index (χ4n) is 10.5. The van der Waals surface area contributed by atoms with Gasteiger partial charge in [0.1, 0.15) is 11.2 Å². The van der Waals surface area contributed by atoms with Gasteiger partial charge in [0, 0.05) is 53.0 Å². The molecule has 3 heterocycles. The summed E-state index contributed by atoms with van der Waals surface area (Å²) in [7, 11) is 0. The molecule has 292 valence electrons. The van der Waals surface area contributed by atoms with Crippen LogP contribution in [0.5, 0.6) is 0 Å². The van der Waals surface area contributed by atoms with Gasteiger partial charge in [-0.25, -0.2) is 0 Å². The van der Waals surface area contributed by atoms with Gasteiger partial charge in [-0.05, 0) is 121 Å². The first-order valence-electron chi connectivity index (χ1n) is 21.6. The predicted molar refractivity (Wildman–Crippen MR) is 270 cm³/mol. The Balaban J connectivity index is 0.985. The number of para-hydroxylation sites is 3. The zero-order chi connectivity index (χ0) is 41.2. The molecule has 0 bridgehead atoms. The van der Waals surface area contributed by atoms with Crippen molar-refractivity contribution in [3.8, 4) is 39.1 Å². The average Bonchev–Trinajstić information content (AvgIpc) is 4.02. The second kappa shape index (κ2) is 13.3. The number of furan rings is 1. The molecule has 0 unspecified atom stereocenters. The van der Waals surface area contributed by atoms with Crippen LogP contribution in [0, 0.1) is 0 Å². The number of hydrogen-bond donors (Lipinski definition) is 0. The van der Waals surface area contributed by atoms with Crippen LogP contribution in [0.2, 0.25) is 0 Å². The zero-order valence-electron chi connectivity index (χ0n) is 34.0. The lowest BCUT2D eigenvalue weighted by Crippen LogP contribution is -1.96. The maximum atomic E-state index is 6.78. The van der Waals surface area contributed by atoms with E-state index in [0.29, 0.717) is 0 Å². The van der Waals surface area contributed by atoms with Crippen molar-refractivity contribution in [2.75, 3.05) is 0 Å². The van der Waals surface area contributed by atoms with Crippen LogP contribution in [0.15, 0.2) is 217 Å². The number of benzene rings is 11. The molecule has 14 rings (SSSR count). The molecule has 0 fully saturated rings. The Morgan fingerprint density at radius 1 is 0.302 bits per heavy atom. The highest BCUT2D eigenvalue weighted by atomic mass is 32.1. The Morgan fingerprint density at radius 3 is 1.52 bits per heavy atom. The summed E-state index contributed by atoms with van der Waals surface area (Å²) in [5.74, 6) is 0. The molecule has 0 aliphatic rings. The standard InChI is InChI=1S/C60H35NOS/c1-2-13-36(14-3-1)42-21-12-22-51-49-27-25-37(32-57(49)62-60(42)51)39-29-40(31-41(30-39)61-55-23-10-8-19-47(55)48-20-9-11-24-56(48)61)38-26-28-50-54-34-52-45-17-6-4-15-43(45)44-16-5-7-18-46(44)53(52)35-59(54)63-58(50)33-38/h1-35H. The predicted octanol–water partition coefficient (Wildman–Crippen LogP) is 17.5. The van der Waals surface area contributed by atoms with Crippen LogP contribution in [-0.4, -0.2) is 4.57 Å². The van der Waals surface area contributed by atoms with Gasteiger partial charge < -0.3 is 8.98 Å². The molecule has 0 amide bonds. The summed E-state index contributed by atoms with van der Waals surface area (Å²) in [6.45, 7) is 0. The van der Waals surface area contributed by atoms with E-state index < -0.39 is 0 Å². The van der Waals surface area contributed by atoms with Gasteiger partial charge in [-0.15, -0.1) is 11.3 Å². The number of aromatic nitrogens is 1. The number of nitrogens with zero attached hydrogens (tertiary/aromatic N) is 1. The van der Waals surface area contributed by atoms with Crippen LogP contribution in [0.3, 0.4) is 0 Å². The molecule has 0 saturated carbocycles. The number of hydrogen-bond acceptors (Lipinski definition) is 2. The Labute approximate surface area is 366 Å². The molecule has 63 heavy (non-hydrogen) atoms. The fourth-order valence-corrected chi connectivity index (χ4v) is 11.6. The van der Waals surface area contributed by atoms with Gasteiger partial charge >= 0.3 is 0 Å². The topological polar surface area (TPSA) is 18.1 Å². The van der Waals surface area contributed by atoms with Crippen LogP contribution in [-0.2, 0) is 0 Å². The van der Waals surface area contributed by atoms with Crippen LogP contribution in [0.25, 0.3) is 135 Å². The number of thiophene rings is 1. The van der Waals surface area contributed by atoms with Crippen molar-refractivity contribution in [1.82, 2.24) is 4.57 Å². The lowest BCUT2D eigenvalue weighted by molar-refractivity contribution is 0.670. The van der Waals surface area contributed by atoms with Crippen molar-refractivity contribution < 1.29 is 4.42 Å². The largest absolute Gasteiger partial charge is 0.455 e. The minimum Gasteiger partial charge on any atom is -0.455 e. The highest BCUT2D eigenvalue weighted by Gasteiger charge is 2.18. The zero-order valence-corrected chi connectivity index (χ0v) is 34.8. The van der Waals surface area contributed by atoms with E-state index in [-0.39, 0.29) is 0 Å². The molecule has 14 aromatic rings. The molecular formula is C60H35NOS. The quantitative estimate of drug-likeness (QED) is 0.162. The monoisotopic (exact) mass is 817 g/mol. The Hall–Kier alpha value is -7.98. The molecule has 3 heteroatoms. The molecule has 0 aliphatic heterocycles. The minimum absolute atomic E-state index is 0.884. The molecule has 0 spiro atoms. The Kier molecular flexibility index (Phi) is 7.30. The maximum absolute atomic E-state index is 6.78. The summed E-state index contributed by atoms with van der Waals surface area (Å²) in [5.41, 5.74) is 12.2. The molecule has 0 radical (unpaired) electrons. The van der Waals surface area contributed by atoms with E-state index in [9.17, 15) is 0 Å². The highest BCUT2D eigenvalue weighted by molar-refractivity contribution is 7.26. The third kappa shape index (κ3) is 5.18. The van der Waals surface area contributed by atoms with E-state index in [1.165, 1.54) is 85.4 Å². The van der Waals surface area contributed by atoms with Crippen molar-refractivity contribution in [3.63, 3.8) is 0 Å². The molecule has 0 N–H and O–H groups in total. The molecule has 3 aromatic heterocycles. The molecule has 11 aromatic carbocycles. The SMILES string of the molecule is c1ccc(-c2cccc3c2oc2cc(-c4cc(-c5ccc6c(c5)sc5cc7c8ccccc8c8ccccc8c7cc56)cc(-n5c6ccccc6c6ccccc65)c4)ccc23)cc1. The van der Waals surface area contributed by atoms with Crippen LogP contribution in [0.1, 0.15) is 0 Å². The summed E-state index contributed by atoms with van der Waals surface area (Å²) in [6, 6.07) is 78.0. The third-order valence-electron chi connectivity index (χ3n) is 13.3. The smallest absolute Gasteiger partial charge is 0.143 e. The van der Waals surface area contributed by atoms with Crippen LogP contribution >= 0.6 is 11.3 Å². The van der Waals surface area contributed by atoms with Crippen molar-refractivity contribution in [3.05, 3.63) is 212 Å². The van der Waals surface area contributed by atoms with Gasteiger partial charge in [0.15, 0.2) is 0 Å². The first kappa shape index (κ1) is 34.7. The second-order valence-electron chi connectivity index (χ2n) is 16.8. The first-order valence-corrected chi connectivity index (χ1v) is 22.4. The lowest BCUT2D eigenvalue weighted by Gasteiger charge is -2.14. The summed E-state index contributed by atoms with van der Waals surface area (Å²) < 4.78 is 11.8. The van der Waals surface area contributed by atoms with Crippen molar-refractivity contribution in [2.24, 2.45) is 0 Å². The van der Waals surface area contributed by atoms with Crippen LogP contribution in [0.4, 0.5) is 0 Å². The second-order valence-corrected chi connectivity index (χ2v) is 17.9. The van der Waals surface area contributed by atoms with Crippen molar-refractivity contribution in [2.45, 2.75) is 0 Å². The van der Waals surface area contributed by atoms with Gasteiger partial charge in [-0.3, -0.25) is 0 Å². The van der Waals surface area contributed by atoms with Crippen molar-refractivity contribution >= 4 is 108 Å². The van der Waals surface area contributed by atoms with E-state index in [1.54, 1.807) is 0 Å². The Bertz CT molecular complexity index is 4150. The minimum atomic E-state index is 0.884. The summed E-state index contributed by atoms with van der Waals surface area (Å²) in [5, 5.41) is 15.2. The molecular weight excluding hydrogens is 783 g/mol. The summed E-state index contributed by atoms with van der Waals surface area (Å²) >= 11 is 1.89. The normalized spacial score (nSPS) is 12.1. The van der Waals surface area contributed by atoms with Gasteiger partial charge in [0.2, 0.25) is 0 Å². The van der Waals surface area contributed by atoms with E-state index >= 15 is 0 Å². The van der Waals surface area contributed by atoms with Gasteiger partial charge in [0.25, 0.3) is 0 Å². The van der Waals surface area contributed by atoms with E-state index in [0.717, 1.165) is 49.9 Å². The van der Waals surface area contributed by atoms with Crippen LogP contribution < -0.4 is 0 Å². The molecule has 0 atom stereocenters. The Morgan fingerprint density at radius 2 is 0.841 bits per heavy atom. The summed E-state index contributed by atoms with van der Waals surface area (Å²) in [4.78, 5) is 0. The van der Waals surface area contributed by atoms with Crippen molar-refractivity contribution in [1.29, 1.82) is 0 Å². The van der Waals surface area contributed by atoms with E-state index in [4.69, 9.17) is 4.42 Å². The third-order valence-corrected chi connectivity index (χ3v) is 14.5. The molecule has 0 saturated heterocycles. The van der Waals surface area contributed by atoms with E-state index in [1.807, 2.05) is 11.3 Å². The van der Waals surface area contributed by atoms with Gasteiger partial charge in [0.05, 0.1) is 11.0 Å². The van der Waals surface area contributed by atoms with Gasteiger partial charge in [-0.1, -0.05) is 152 Å². The average molecular weight is 818 g/mol. The number of rotatable bonds is 4. The van der Waals surface area contributed by atoms with Gasteiger partial charge in [-0.2, -0.15) is 0 Å². The molecule has 2 nitrogen and oxygen atoms in total. The lowest BCUT2D eigenvalue weighted by atomic mass is 9.93. The summed E-state index contributed by atoms with van der Waals surface area (Å²) in [6.07, 6.45) is 0.